The van der Waals surface area contributed by atoms with Gasteiger partial charge in [-0.2, -0.15) is 4.98 Å². The Morgan fingerprint density at radius 3 is 2.92 bits per heavy atom. The van der Waals surface area contributed by atoms with Gasteiger partial charge in [-0.25, -0.2) is 4.79 Å². The van der Waals surface area contributed by atoms with Crippen LogP contribution in [0, 0.1) is 0 Å². The molecule has 0 radical (unpaired) electrons. The van der Waals surface area contributed by atoms with Crippen LogP contribution in [-0.2, 0) is 6.73 Å². The van der Waals surface area contributed by atoms with Crippen molar-refractivity contribution in [2.24, 2.45) is 0 Å². The summed E-state index contributed by atoms with van der Waals surface area (Å²) in [5.41, 5.74) is 0.221. The SMILES string of the molecule is O=c1nc2ccccc2cn1CO. The molecule has 1 heterocycles. The lowest BCUT2D eigenvalue weighted by Gasteiger charge is -2.01. The fraction of sp³-hybridized carbons (Fsp3) is 0.111. The van der Waals surface area contributed by atoms with Gasteiger partial charge in [-0.15, -0.1) is 0 Å². The van der Waals surface area contributed by atoms with Gasteiger partial charge in [0.05, 0.1) is 5.52 Å². The lowest BCUT2D eigenvalue weighted by molar-refractivity contribution is 0.205. The van der Waals surface area contributed by atoms with Crippen molar-refractivity contribution in [2.75, 3.05) is 0 Å². The molecule has 0 aliphatic heterocycles. The topological polar surface area (TPSA) is 55.1 Å². The van der Waals surface area contributed by atoms with Gasteiger partial charge < -0.3 is 5.11 Å². The number of aliphatic hydroxyl groups excluding tert-OH is 1. The van der Waals surface area contributed by atoms with E-state index in [9.17, 15) is 4.79 Å². The summed E-state index contributed by atoms with van der Waals surface area (Å²) < 4.78 is 1.16. The van der Waals surface area contributed by atoms with Crippen molar-refractivity contribution in [1.82, 2.24) is 9.55 Å². The minimum Gasteiger partial charge on any atom is -0.376 e. The minimum absolute atomic E-state index is 0.337. The first kappa shape index (κ1) is 7.94. The highest BCUT2D eigenvalue weighted by molar-refractivity contribution is 5.76. The Balaban J connectivity index is 2.81. The third kappa shape index (κ3) is 1.31. The maximum absolute atomic E-state index is 11.2. The fourth-order valence-electron chi connectivity index (χ4n) is 1.19. The Labute approximate surface area is 74.1 Å². The van der Waals surface area contributed by atoms with E-state index in [2.05, 4.69) is 4.98 Å². The van der Waals surface area contributed by atoms with E-state index in [4.69, 9.17) is 5.11 Å². The monoisotopic (exact) mass is 176 g/mol. The fourth-order valence-corrected chi connectivity index (χ4v) is 1.19. The second-order valence-corrected chi connectivity index (χ2v) is 2.69. The van der Waals surface area contributed by atoms with Crippen molar-refractivity contribution in [3.63, 3.8) is 0 Å². The molecule has 0 amide bonds. The summed E-state index contributed by atoms with van der Waals surface area (Å²) in [6, 6.07) is 7.28. The van der Waals surface area contributed by atoms with Gasteiger partial charge in [0, 0.05) is 11.6 Å². The van der Waals surface area contributed by atoms with Crippen LogP contribution < -0.4 is 5.69 Å². The van der Waals surface area contributed by atoms with Gasteiger partial charge in [0.15, 0.2) is 0 Å². The van der Waals surface area contributed by atoms with Crippen molar-refractivity contribution in [3.8, 4) is 0 Å². The first-order valence-electron chi connectivity index (χ1n) is 3.88. The average molecular weight is 176 g/mol. The lowest BCUT2D eigenvalue weighted by atomic mass is 10.2. The summed E-state index contributed by atoms with van der Waals surface area (Å²) in [5.74, 6) is 0. The number of hydrogen-bond acceptors (Lipinski definition) is 3. The van der Waals surface area contributed by atoms with Crippen LogP contribution in [0.4, 0.5) is 0 Å². The molecule has 13 heavy (non-hydrogen) atoms. The summed E-state index contributed by atoms with van der Waals surface area (Å²) >= 11 is 0. The Morgan fingerprint density at radius 1 is 1.38 bits per heavy atom. The first-order chi connectivity index (χ1) is 6.31. The summed E-state index contributed by atoms with van der Waals surface area (Å²) in [7, 11) is 0. The Hall–Kier alpha value is -1.68. The summed E-state index contributed by atoms with van der Waals surface area (Å²) in [4.78, 5) is 14.9. The number of fused-ring (bicyclic) bond motifs is 1. The van der Waals surface area contributed by atoms with Gasteiger partial charge >= 0.3 is 5.69 Å². The molecule has 4 heteroatoms. The van der Waals surface area contributed by atoms with Crippen molar-refractivity contribution in [1.29, 1.82) is 0 Å². The number of benzene rings is 1. The zero-order valence-corrected chi connectivity index (χ0v) is 6.84. The number of hydrogen-bond donors (Lipinski definition) is 1. The van der Waals surface area contributed by atoms with Crippen LogP contribution in [0.25, 0.3) is 10.9 Å². The van der Waals surface area contributed by atoms with Gasteiger partial charge in [-0.1, -0.05) is 18.2 Å². The quantitative estimate of drug-likeness (QED) is 0.682. The molecular formula is C9H8N2O2. The van der Waals surface area contributed by atoms with Crippen LogP contribution in [0.5, 0.6) is 0 Å². The third-order valence-corrected chi connectivity index (χ3v) is 1.85. The Kier molecular flexibility index (Phi) is 1.83. The summed E-state index contributed by atoms with van der Waals surface area (Å²) in [5, 5.41) is 9.64. The van der Waals surface area contributed by atoms with Crippen molar-refractivity contribution >= 4 is 10.9 Å². The molecule has 0 bridgehead atoms. The predicted molar refractivity (Wildman–Crippen MR) is 48.2 cm³/mol. The highest BCUT2D eigenvalue weighted by Gasteiger charge is 1.98. The molecule has 0 saturated carbocycles. The third-order valence-electron chi connectivity index (χ3n) is 1.85. The molecule has 0 aliphatic rings. The zero-order valence-electron chi connectivity index (χ0n) is 6.84. The molecule has 1 aromatic carbocycles. The van der Waals surface area contributed by atoms with E-state index in [0.717, 1.165) is 9.95 Å². The maximum atomic E-state index is 11.2. The van der Waals surface area contributed by atoms with E-state index in [1.165, 1.54) is 0 Å². The van der Waals surface area contributed by atoms with E-state index in [1.807, 2.05) is 18.2 Å². The first-order valence-corrected chi connectivity index (χ1v) is 3.88. The van der Waals surface area contributed by atoms with Gasteiger partial charge in [0.2, 0.25) is 0 Å². The molecule has 2 aromatic rings. The minimum atomic E-state index is -0.429. The molecule has 0 unspecified atom stereocenters. The van der Waals surface area contributed by atoms with Crippen LogP contribution >= 0.6 is 0 Å². The van der Waals surface area contributed by atoms with Crippen molar-refractivity contribution in [3.05, 3.63) is 40.9 Å². The second-order valence-electron chi connectivity index (χ2n) is 2.69. The van der Waals surface area contributed by atoms with Crippen LogP contribution in [0.3, 0.4) is 0 Å². The van der Waals surface area contributed by atoms with E-state index in [1.54, 1.807) is 12.3 Å². The van der Waals surface area contributed by atoms with Gasteiger partial charge in [-0.3, -0.25) is 4.57 Å². The molecular weight excluding hydrogens is 168 g/mol. The molecule has 0 fully saturated rings. The van der Waals surface area contributed by atoms with E-state index in [-0.39, 0.29) is 6.73 Å². The number of rotatable bonds is 1. The Bertz CT molecular complexity index is 490. The smallest absolute Gasteiger partial charge is 0.350 e. The summed E-state index contributed by atoms with van der Waals surface area (Å²) in [6.07, 6.45) is 1.59. The highest BCUT2D eigenvalue weighted by Crippen LogP contribution is 2.06. The van der Waals surface area contributed by atoms with Crippen molar-refractivity contribution < 1.29 is 5.11 Å². The van der Waals surface area contributed by atoms with Crippen LogP contribution in [-0.4, -0.2) is 14.7 Å². The molecule has 0 spiro atoms. The van der Waals surface area contributed by atoms with E-state index in [0.29, 0.717) is 5.52 Å². The summed E-state index contributed by atoms with van der Waals surface area (Å²) in [6.45, 7) is -0.337. The molecule has 4 nitrogen and oxygen atoms in total. The predicted octanol–water partition coefficient (Wildman–Crippen LogP) is 0.346. The van der Waals surface area contributed by atoms with Crippen LogP contribution in [0.2, 0.25) is 0 Å². The van der Waals surface area contributed by atoms with Gasteiger partial charge in [0.1, 0.15) is 6.73 Å². The maximum Gasteiger partial charge on any atom is 0.350 e. The average Bonchev–Trinajstić information content (AvgIpc) is 2.17. The standard InChI is InChI=1S/C9H8N2O2/c12-6-11-5-7-3-1-2-4-8(7)10-9(11)13/h1-5,12H,6H2. The van der Waals surface area contributed by atoms with Crippen LogP contribution in [0.15, 0.2) is 35.3 Å². The van der Waals surface area contributed by atoms with Gasteiger partial charge in [0.25, 0.3) is 0 Å². The highest BCUT2D eigenvalue weighted by atomic mass is 16.3. The number of aromatic nitrogens is 2. The Morgan fingerprint density at radius 2 is 2.15 bits per heavy atom. The second kappa shape index (κ2) is 2.99. The zero-order chi connectivity index (χ0) is 9.26. The molecule has 66 valence electrons. The molecule has 2 rings (SSSR count). The number of nitrogens with zero attached hydrogens (tertiary/aromatic N) is 2. The van der Waals surface area contributed by atoms with Crippen LogP contribution in [0.1, 0.15) is 0 Å². The molecule has 0 saturated heterocycles. The van der Waals surface area contributed by atoms with E-state index < -0.39 is 5.69 Å². The van der Waals surface area contributed by atoms with Crippen molar-refractivity contribution in [2.45, 2.75) is 6.73 Å². The largest absolute Gasteiger partial charge is 0.376 e. The molecule has 1 aromatic heterocycles. The van der Waals surface area contributed by atoms with Gasteiger partial charge in [-0.05, 0) is 6.07 Å². The normalized spacial score (nSPS) is 10.5. The molecule has 1 N–H and O–H groups in total. The number of aliphatic hydroxyl groups is 1. The number of para-hydroxylation sites is 1. The lowest BCUT2D eigenvalue weighted by Crippen LogP contribution is -2.21. The molecule has 0 atom stereocenters. The molecule has 0 aliphatic carbocycles. The van der Waals surface area contributed by atoms with E-state index >= 15 is 0 Å².